The Morgan fingerprint density at radius 1 is 0.800 bits per heavy atom. The Bertz CT molecular complexity index is 735. The summed E-state index contributed by atoms with van der Waals surface area (Å²) in [7, 11) is 0. The van der Waals surface area contributed by atoms with Crippen LogP contribution < -0.4 is 0 Å². The van der Waals surface area contributed by atoms with Gasteiger partial charge in [-0.2, -0.15) is 0 Å². The second-order valence-electron chi connectivity index (χ2n) is 8.98. The van der Waals surface area contributed by atoms with Crippen molar-refractivity contribution in [3.05, 3.63) is 58.9 Å². The van der Waals surface area contributed by atoms with Gasteiger partial charge in [-0.05, 0) is 38.0 Å². The SMILES string of the molecule is CCCCCCCCCCCCCC1C=CC(O)=C(c2ccccc2O)C1=C(C)C. The van der Waals surface area contributed by atoms with Crippen molar-refractivity contribution in [1.29, 1.82) is 0 Å². The Kier molecular flexibility index (Phi) is 10.8. The van der Waals surface area contributed by atoms with E-state index in [0.717, 1.165) is 17.6 Å². The molecule has 0 radical (unpaired) electrons. The van der Waals surface area contributed by atoms with Crippen LogP contribution in [-0.2, 0) is 0 Å². The number of aliphatic hydroxyl groups is 1. The minimum absolute atomic E-state index is 0.224. The Labute approximate surface area is 184 Å². The van der Waals surface area contributed by atoms with Crippen LogP contribution in [0.25, 0.3) is 5.57 Å². The summed E-state index contributed by atoms with van der Waals surface area (Å²) in [5.41, 5.74) is 3.89. The summed E-state index contributed by atoms with van der Waals surface area (Å²) in [6, 6.07) is 7.31. The number of phenols is 1. The van der Waals surface area contributed by atoms with E-state index in [2.05, 4.69) is 26.8 Å². The van der Waals surface area contributed by atoms with Gasteiger partial charge in [-0.3, -0.25) is 0 Å². The van der Waals surface area contributed by atoms with Crippen molar-refractivity contribution in [2.45, 2.75) is 97.8 Å². The van der Waals surface area contributed by atoms with E-state index in [9.17, 15) is 10.2 Å². The number of benzene rings is 1. The lowest BCUT2D eigenvalue weighted by Crippen LogP contribution is -2.11. The van der Waals surface area contributed by atoms with Gasteiger partial charge >= 0.3 is 0 Å². The van der Waals surface area contributed by atoms with Gasteiger partial charge in [0.1, 0.15) is 11.5 Å². The zero-order valence-corrected chi connectivity index (χ0v) is 19.4. The zero-order valence-electron chi connectivity index (χ0n) is 19.4. The predicted molar refractivity (Wildman–Crippen MR) is 130 cm³/mol. The number of phenolic OH excluding ortho intramolecular Hbond substituents is 1. The van der Waals surface area contributed by atoms with Gasteiger partial charge in [0, 0.05) is 17.1 Å². The van der Waals surface area contributed by atoms with E-state index in [0.29, 0.717) is 5.92 Å². The molecule has 0 spiro atoms. The summed E-state index contributed by atoms with van der Waals surface area (Å²) in [5.74, 6) is 0.781. The van der Waals surface area contributed by atoms with Crippen molar-refractivity contribution >= 4 is 5.57 Å². The summed E-state index contributed by atoms with van der Waals surface area (Å²) in [5, 5.41) is 20.9. The van der Waals surface area contributed by atoms with Gasteiger partial charge in [-0.1, -0.05) is 107 Å². The number of rotatable bonds is 13. The molecule has 0 amide bonds. The van der Waals surface area contributed by atoms with E-state index >= 15 is 0 Å². The second-order valence-corrected chi connectivity index (χ2v) is 8.98. The number of unbranched alkanes of at least 4 members (excludes halogenated alkanes) is 10. The maximum Gasteiger partial charge on any atom is 0.123 e. The van der Waals surface area contributed by atoms with Crippen molar-refractivity contribution in [3.8, 4) is 5.75 Å². The first-order valence-corrected chi connectivity index (χ1v) is 12.1. The molecule has 2 rings (SSSR count). The van der Waals surface area contributed by atoms with Crippen LogP contribution in [0.1, 0.15) is 103 Å². The Hall–Kier alpha value is -1.96. The van der Waals surface area contributed by atoms with Crippen molar-refractivity contribution in [2.75, 3.05) is 0 Å². The molecule has 0 aromatic heterocycles. The molecule has 0 heterocycles. The maximum absolute atomic E-state index is 10.6. The molecule has 1 unspecified atom stereocenters. The van der Waals surface area contributed by atoms with E-state index in [1.807, 2.05) is 24.3 Å². The molecule has 1 aromatic rings. The largest absolute Gasteiger partial charge is 0.507 e. The monoisotopic (exact) mass is 410 g/mol. The van der Waals surface area contributed by atoms with Crippen LogP contribution in [0.4, 0.5) is 0 Å². The molecule has 166 valence electrons. The minimum Gasteiger partial charge on any atom is -0.507 e. The molecule has 0 aliphatic heterocycles. The summed E-state index contributed by atoms with van der Waals surface area (Å²) in [4.78, 5) is 0. The van der Waals surface area contributed by atoms with Crippen LogP contribution in [0, 0.1) is 5.92 Å². The molecule has 30 heavy (non-hydrogen) atoms. The van der Waals surface area contributed by atoms with Gasteiger partial charge in [0.05, 0.1) is 0 Å². The molecule has 1 aromatic carbocycles. The van der Waals surface area contributed by atoms with Gasteiger partial charge in [0.2, 0.25) is 0 Å². The quantitative estimate of drug-likeness (QED) is 0.319. The van der Waals surface area contributed by atoms with Crippen molar-refractivity contribution in [3.63, 3.8) is 0 Å². The molecule has 0 fully saturated rings. The first kappa shape index (κ1) is 24.3. The Morgan fingerprint density at radius 3 is 1.93 bits per heavy atom. The van der Waals surface area contributed by atoms with Gasteiger partial charge in [0.25, 0.3) is 0 Å². The highest BCUT2D eigenvalue weighted by Gasteiger charge is 2.25. The van der Waals surface area contributed by atoms with E-state index in [-0.39, 0.29) is 11.5 Å². The minimum atomic E-state index is 0.224. The van der Waals surface area contributed by atoms with Crippen molar-refractivity contribution in [2.24, 2.45) is 5.92 Å². The van der Waals surface area contributed by atoms with E-state index in [1.54, 1.807) is 6.07 Å². The fourth-order valence-corrected chi connectivity index (χ4v) is 4.57. The molecule has 1 aliphatic rings. The highest BCUT2D eigenvalue weighted by atomic mass is 16.3. The van der Waals surface area contributed by atoms with E-state index < -0.39 is 0 Å². The third-order valence-corrected chi connectivity index (χ3v) is 6.21. The molecule has 2 nitrogen and oxygen atoms in total. The Balaban J connectivity index is 1.81. The predicted octanol–water partition coefficient (Wildman–Crippen LogP) is 8.88. The third-order valence-electron chi connectivity index (χ3n) is 6.21. The van der Waals surface area contributed by atoms with Crippen LogP contribution in [0.15, 0.2) is 53.3 Å². The molecule has 2 N–H and O–H groups in total. The van der Waals surface area contributed by atoms with E-state index in [1.165, 1.54) is 81.8 Å². The summed E-state index contributed by atoms with van der Waals surface area (Å²) in [6.07, 6.45) is 19.9. The molecular formula is C28H42O2. The third kappa shape index (κ3) is 7.38. The van der Waals surface area contributed by atoms with Crippen molar-refractivity contribution < 1.29 is 10.2 Å². The standard InChI is InChI=1S/C28H42O2/c1-4-5-6-7-8-9-10-11-12-13-14-17-23-20-21-26(30)28(27(23)22(2)3)24-18-15-16-19-25(24)29/h15-16,18-21,23,29-30H,4-14,17H2,1-3H3. The lowest BCUT2D eigenvalue weighted by molar-refractivity contribution is 0.428. The molecule has 0 saturated carbocycles. The smallest absolute Gasteiger partial charge is 0.123 e. The van der Waals surface area contributed by atoms with Gasteiger partial charge in [0.15, 0.2) is 0 Å². The first-order valence-electron chi connectivity index (χ1n) is 12.1. The molecule has 0 bridgehead atoms. The van der Waals surface area contributed by atoms with Gasteiger partial charge in [-0.25, -0.2) is 0 Å². The van der Waals surface area contributed by atoms with Crippen LogP contribution in [0.2, 0.25) is 0 Å². The van der Waals surface area contributed by atoms with Gasteiger partial charge in [-0.15, -0.1) is 0 Å². The Morgan fingerprint density at radius 2 is 1.37 bits per heavy atom. The highest BCUT2D eigenvalue weighted by molar-refractivity contribution is 5.86. The number of hydrogen-bond acceptors (Lipinski definition) is 2. The molecule has 2 heteroatoms. The number of hydrogen-bond donors (Lipinski definition) is 2. The van der Waals surface area contributed by atoms with E-state index in [4.69, 9.17) is 0 Å². The number of allylic oxidation sites excluding steroid dienone is 5. The second kappa shape index (κ2) is 13.4. The molecular weight excluding hydrogens is 368 g/mol. The lowest BCUT2D eigenvalue weighted by Gasteiger charge is -2.26. The topological polar surface area (TPSA) is 40.5 Å². The first-order chi connectivity index (χ1) is 14.6. The number of aliphatic hydroxyl groups excluding tert-OH is 1. The number of para-hydroxylation sites is 1. The van der Waals surface area contributed by atoms with Crippen LogP contribution in [0.3, 0.4) is 0 Å². The highest BCUT2D eigenvalue weighted by Crippen LogP contribution is 2.42. The maximum atomic E-state index is 10.6. The zero-order chi connectivity index (χ0) is 21.8. The number of aromatic hydroxyl groups is 1. The van der Waals surface area contributed by atoms with Crippen LogP contribution in [0.5, 0.6) is 5.75 Å². The van der Waals surface area contributed by atoms with Crippen LogP contribution >= 0.6 is 0 Å². The average Bonchev–Trinajstić information content (AvgIpc) is 2.73. The summed E-state index contributed by atoms with van der Waals surface area (Å²) < 4.78 is 0. The normalized spacial score (nSPS) is 16.4. The molecule has 1 atom stereocenters. The van der Waals surface area contributed by atoms with Crippen LogP contribution in [-0.4, -0.2) is 10.2 Å². The van der Waals surface area contributed by atoms with Gasteiger partial charge < -0.3 is 10.2 Å². The molecule has 1 aliphatic carbocycles. The molecule has 0 saturated heterocycles. The fraction of sp³-hybridized carbons (Fsp3) is 0.571. The summed E-state index contributed by atoms with van der Waals surface area (Å²) >= 11 is 0. The fourth-order valence-electron chi connectivity index (χ4n) is 4.57. The summed E-state index contributed by atoms with van der Waals surface area (Å²) in [6.45, 7) is 6.49. The van der Waals surface area contributed by atoms with Crippen molar-refractivity contribution in [1.82, 2.24) is 0 Å². The average molecular weight is 411 g/mol. The lowest BCUT2D eigenvalue weighted by atomic mass is 9.79.